The molecule has 9 heteroatoms. The zero-order valence-corrected chi connectivity index (χ0v) is 20.3. The molecule has 3 heterocycles. The Kier molecular flexibility index (Phi) is 6.15. The summed E-state index contributed by atoms with van der Waals surface area (Å²) in [5, 5.41) is 10.1. The van der Waals surface area contributed by atoms with E-state index in [1.807, 2.05) is 54.6 Å². The van der Waals surface area contributed by atoms with Crippen LogP contribution in [0.3, 0.4) is 0 Å². The van der Waals surface area contributed by atoms with Crippen molar-refractivity contribution in [2.45, 2.75) is 19.5 Å². The molecule has 0 radical (unpaired) electrons. The minimum atomic E-state index is -0.289. The van der Waals surface area contributed by atoms with Crippen LogP contribution in [-0.4, -0.2) is 36.9 Å². The number of fused-ring (bicyclic) bond motifs is 1. The van der Waals surface area contributed by atoms with E-state index in [4.69, 9.17) is 4.74 Å². The molecule has 0 bridgehead atoms. The second-order valence-corrected chi connectivity index (χ2v) is 8.99. The van der Waals surface area contributed by atoms with Crippen molar-refractivity contribution in [3.05, 3.63) is 125 Å². The number of nitrogens with one attached hydrogen (secondary N) is 3. The normalized spacial score (nSPS) is 12.3. The van der Waals surface area contributed by atoms with Gasteiger partial charge in [-0.05, 0) is 54.1 Å². The molecule has 0 atom stereocenters. The van der Waals surface area contributed by atoms with Gasteiger partial charge in [-0.25, -0.2) is 4.98 Å². The van der Waals surface area contributed by atoms with E-state index in [1.54, 1.807) is 41.6 Å². The molecule has 2 aromatic heterocycles. The molecule has 38 heavy (non-hydrogen) atoms. The zero-order chi connectivity index (χ0) is 25.9. The van der Waals surface area contributed by atoms with Crippen LogP contribution in [-0.2, 0) is 19.5 Å². The molecule has 3 N–H and O–H groups in total. The fraction of sp³-hybridized carbons (Fsp3) is 0.103. The third-order valence-corrected chi connectivity index (χ3v) is 6.39. The number of amides is 2. The van der Waals surface area contributed by atoms with E-state index in [0.717, 1.165) is 28.4 Å². The Morgan fingerprint density at radius 3 is 2.37 bits per heavy atom. The quantitative estimate of drug-likeness (QED) is 0.291. The van der Waals surface area contributed by atoms with Gasteiger partial charge in [0.1, 0.15) is 17.3 Å². The van der Waals surface area contributed by atoms with E-state index >= 15 is 0 Å². The van der Waals surface area contributed by atoms with Crippen LogP contribution in [0, 0.1) is 0 Å². The number of hydrogen-bond donors (Lipinski definition) is 3. The van der Waals surface area contributed by atoms with Gasteiger partial charge in [0.25, 0.3) is 11.8 Å². The van der Waals surface area contributed by atoms with E-state index in [0.29, 0.717) is 42.2 Å². The minimum Gasteiger partial charge on any atom is -0.457 e. The standard InChI is InChI=1S/C29H24N6O3/c36-28(20-10-12-23(13-11-20)38-22-4-2-1-3-5-22)32-27-24-17-35(18-25(24)33-34-27)29(37)21-8-6-19(7-9-21)16-26-30-14-15-31-26/h1-15H,16-18H2,(H,30,31)(H2,32,33,34,36). The number of carbonyl (C=O) groups is 2. The summed E-state index contributed by atoms with van der Waals surface area (Å²) >= 11 is 0. The van der Waals surface area contributed by atoms with Crippen molar-refractivity contribution in [2.24, 2.45) is 0 Å². The van der Waals surface area contributed by atoms with Crippen LogP contribution >= 0.6 is 0 Å². The molecule has 3 aromatic carbocycles. The number of H-pyrrole nitrogens is 2. The number of nitrogens with zero attached hydrogens (tertiary/aromatic N) is 3. The van der Waals surface area contributed by atoms with Crippen LogP contribution in [0.4, 0.5) is 5.82 Å². The van der Waals surface area contributed by atoms with Crippen molar-refractivity contribution < 1.29 is 14.3 Å². The van der Waals surface area contributed by atoms with Gasteiger partial charge in [-0.1, -0.05) is 30.3 Å². The molecule has 0 saturated heterocycles. The number of benzene rings is 3. The summed E-state index contributed by atoms with van der Waals surface area (Å²) < 4.78 is 5.79. The van der Waals surface area contributed by atoms with Gasteiger partial charge < -0.3 is 19.9 Å². The lowest BCUT2D eigenvalue weighted by molar-refractivity contribution is 0.0749. The Labute approximate surface area is 218 Å². The number of para-hydroxylation sites is 1. The molecule has 5 aromatic rings. The highest BCUT2D eigenvalue weighted by molar-refractivity contribution is 6.04. The maximum Gasteiger partial charge on any atom is 0.256 e. The molecule has 6 rings (SSSR count). The third kappa shape index (κ3) is 4.90. The SMILES string of the molecule is O=C(Nc1n[nH]c2c1CN(C(=O)c1ccc(Cc3ncc[nH]3)cc1)C2)c1ccc(Oc2ccccc2)cc1. The number of carbonyl (C=O) groups excluding carboxylic acids is 2. The van der Waals surface area contributed by atoms with Gasteiger partial charge in [-0.3, -0.25) is 14.7 Å². The first-order valence-corrected chi connectivity index (χ1v) is 12.2. The monoisotopic (exact) mass is 504 g/mol. The summed E-state index contributed by atoms with van der Waals surface area (Å²) in [7, 11) is 0. The fourth-order valence-electron chi connectivity index (χ4n) is 4.40. The summed E-state index contributed by atoms with van der Waals surface area (Å²) in [6, 6.07) is 23.9. The second-order valence-electron chi connectivity index (χ2n) is 8.99. The lowest BCUT2D eigenvalue weighted by Crippen LogP contribution is -2.26. The average Bonchev–Trinajstić information content (AvgIpc) is 3.69. The highest BCUT2D eigenvalue weighted by Gasteiger charge is 2.29. The number of rotatable bonds is 7. The van der Waals surface area contributed by atoms with Gasteiger partial charge in [0, 0.05) is 35.5 Å². The molecule has 0 fully saturated rings. The van der Waals surface area contributed by atoms with Crippen molar-refractivity contribution in [2.75, 3.05) is 5.32 Å². The van der Waals surface area contributed by atoms with Crippen LogP contribution in [0.1, 0.15) is 43.4 Å². The van der Waals surface area contributed by atoms with Crippen molar-refractivity contribution >= 4 is 17.6 Å². The summed E-state index contributed by atoms with van der Waals surface area (Å²) in [5.74, 6) is 2.30. The number of hydrogen-bond acceptors (Lipinski definition) is 5. The maximum absolute atomic E-state index is 13.1. The molecule has 0 saturated carbocycles. The highest BCUT2D eigenvalue weighted by atomic mass is 16.5. The topological polar surface area (TPSA) is 116 Å². The molecule has 0 spiro atoms. The smallest absolute Gasteiger partial charge is 0.256 e. The number of ether oxygens (including phenoxy) is 1. The van der Waals surface area contributed by atoms with Gasteiger partial charge in [0.05, 0.1) is 18.8 Å². The zero-order valence-electron chi connectivity index (χ0n) is 20.3. The minimum absolute atomic E-state index is 0.0783. The van der Waals surface area contributed by atoms with E-state index in [1.165, 1.54) is 0 Å². The molecular weight excluding hydrogens is 480 g/mol. The first-order chi connectivity index (χ1) is 18.6. The van der Waals surface area contributed by atoms with Crippen molar-refractivity contribution in [3.8, 4) is 11.5 Å². The first-order valence-electron chi connectivity index (χ1n) is 12.2. The molecule has 0 aliphatic carbocycles. The summed E-state index contributed by atoms with van der Waals surface area (Å²) in [5.41, 5.74) is 3.77. The van der Waals surface area contributed by atoms with Gasteiger partial charge in [0.2, 0.25) is 0 Å². The van der Waals surface area contributed by atoms with E-state index in [-0.39, 0.29) is 11.8 Å². The van der Waals surface area contributed by atoms with Crippen molar-refractivity contribution in [1.82, 2.24) is 25.1 Å². The second kappa shape index (κ2) is 10.1. The number of aromatic nitrogens is 4. The van der Waals surface area contributed by atoms with Crippen LogP contribution < -0.4 is 10.1 Å². The van der Waals surface area contributed by atoms with E-state index in [9.17, 15) is 9.59 Å². The van der Waals surface area contributed by atoms with Crippen molar-refractivity contribution in [3.63, 3.8) is 0 Å². The number of aromatic amines is 2. The first kappa shape index (κ1) is 23.2. The van der Waals surface area contributed by atoms with Crippen LogP contribution in [0.2, 0.25) is 0 Å². The molecule has 2 amide bonds. The molecule has 1 aliphatic heterocycles. The van der Waals surface area contributed by atoms with E-state index < -0.39 is 0 Å². The molecule has 0 unspecified atom stereocenters. The summed E-state index contributed by atoms with van der Waals surface area (Å²) in [4.78, 5) is 35.1. The molecule has 1 aliphatic rings. The summed E-state index contributed by atoms with van der Waals surface area (Å²) in [6.07, 6.45) is 4.18. The molecular formula is C29H24N6O3. The lowest BCUT2D eigenvalue weighted by atomic mass is 10.1. The van der Waals surface area contributed by atoms with Crippen molar-refractivity contribution in [1.29, 1.82) is 0 Å². The predicted octanol–water partition coefficient (Wildman–Crippen LogP) is 4.92. The van der Waals surface area contributed by atoms with Gasteiger partial charge in [-0.2, -0.15) is 5.10 Å². The fourth-order valence-corrected chi connectivity index (χ4v) is 4.40. The Balaban J connectivity index is 1.08. The molecule has 188 valence electrons. The highest BCUT2D eigenvalue weighted by Crippen LogP contribution is 2.29. The number of imidazole rings is 1. The Bertz CT molecular complexity index is 1560. The largest absolute Gasteiger partial charge is 0.457 e. The van der Waals surface area contributed by atoms with Crippen LogP contribution in [0.25, 0.3) is 0 Å². The third-order valence-electron chi connectivity index (χ3n) is 6.39. The average molecular weight is 505 g/mol. The Hall–Kier alpha value is -5.18. The van der Waals surface area contributed by atoms with Crippen LogP contribution in [0.15, 0.2) is 91.3 Å². The van der Waals surface area contributed by atoms with E-state index in [2.05, 4.69) is 25.5 Å². The Morgan fingerprint density at radius 1 is 0.895 bits per heavy atom. The maximum atomic E-state index is 13.1. The van der Waals surface area contributed by atoms with Gasteiger partial charge in [-0.15, -0.1) is 0 Å². The predicted molar refractivity (Wildman–Crippen MR) is 141 cm³/mol. The van der Waals surface area contributed by atoms with Gasteiger partial charge in [0.15, 0.2) is 5.82 Å². The molecule has 9 nitrogen and oxygen atoms in total. The lowest BCUT2D eigenvalue weighted by Gasteiger charge is -2.16. The summed E-state index contributed by atoms with van der Waals surface area (Å²) in [6.45, 7) is 0.759. The van der Waals surface area contributed by atoms with Gasteiger partial charge >= 0.3 is 0 Å². The Morgan fingerprint density at radius 2 is 1.63 bits per heavy atom. The number of anilines is 1. The van der Waals surface area contributed by atoms with Crippen LogP contribution in [0.5, 0.6) is 11.5 Å².